The predicted molar refractivity (Wildman–Crippen MR) is 50.3 cm³/mol. The standard InChI is InChI=1S/C9H11NO5/c10-7(9(14)15)8(13)4-1-2-5(11)6(12)3-4/h1-3,7-8,11-13H,10H2,(H,14,15)/t7-,8-/m1/s1/i7+1,9+1,10+1. The van der Waals surface area contributed by atoms with Crippen LogP contribution in [0.1, 0.15) is 11.7 Å². The number of aliphatic hydroxyl groups is 1. The van der Waals surface area contributed by atoms with Gasteiger partial charge in [-0.3, -0.25) is 4.79 Å². The molecule has 1 aromatic carbocycles. The van der Waals surface area contributed by atoms with Gasteiger partial charge in [0.05, 0.1) is 0 Å². The van der Waals surface area contributed by atoms with Gasteiger partial charge in [0.15, 0.2) is 11.5 Å². The van der Waals surface area contributed by atoms with Crippen LogP contribution in [0.4, 0.5) is 0 Å². The monoisotopic (exact) mass is 216 g/mol. The lowest BCUT2D eigenvalue weighted by Crippen LogP contribution is -2.36. The van der Waals surface area contributed by atoms with Gasteiger partial charge in [-0.05, 0) is 17.7 Å². The van der Waals surface area contributed by atoms with Crippen LogP contribution in [0, 0.1) is 0 Å². The molecule has 0 aliphatic carbocycles. The molecule has 1 aromatic rings. The molecule has 6 N–H and O–H groups in total. The van der Waals surface area contributed by atoms with E-state index in [-0.39, 0.29) is 11.3 Å². The highest BCUT2D eigenvalue weighted by atomic mass is 16.5. The van der Waals surface area contributed by atoms with Gasteiger partial charge in [-0.15, -0.1) is 0 Å². The number of nitrogens with two attached hydrogens (primary N) is 1. The zero-order valence-corrected chi connectivity index (χ0v) is 7.66. The van der Waals surface area contributed by atoms with Crippen LogP contribution in [-0.4, -0.2) is 32.4 Å². The zero-order chi connectivity index (χ0) is 11.6. The maximum Gasteiger partial charge on any atom is 0.323 e. The van der Waals surface area contributed by atoms with Crippen molar-refractivity contribution in [2.45, 2.75) is 12.1 Å². The second-order valence-electron chi connectivity index (χ2n) is 3.06. The molecule has 0 aliphatic heterocycles. The van der Waals surface area contributed by atoms with Gasteiger partial charge in [-0.25, -0.2) is 0 Å². The average Bonchev–Trinajstić information content (AvgIpc) is 2.19. The second kappa shape index (κ2) is 4.16. The molecule has 0 aromatic heterocycles. The van der Waals surface area contributed by atoms with E-state index in [2.05, 4.69) is 0 Å². The van der Waals surface area contributed by atoms with E-state index in [9.17, 15) is 9.90 Å². The topological polar surface area (TPSA) is 124 Å². The van der Waals surface area contributed by atoms with Crippen molar-refractivity contribution in [2.24, 2.45) is 5.73 Å². The lowest BCUT2D eigenvalue weighted by Gasteiger charge is -2.15. The molecule has 6 heteroatoms. The summed E-state index contributed by atoms with van der Waals surface area (Å²) in [5.74, 6) is -2.14. The maximum atomic E-state index is 10.5. The Labute approximate surface area is 85.2 Å². The van der Waals surface area contributed by atoms with Crippen LogP contribution in [0.5, 0.6) is 11.5 Å². The van der Waals surface area contributed by atoms with Crippen LogP contribution in [0.3, 0.4) is 0 Å². The van der Waals surface area contributed by atoms with Crippen molar-refractivity contribution in [3.05, 3.63) is 23.8 Å². The lowest BCUT2D eigenvalue weighted by atomic mass is 10.1. The average molecular weight is 216 g/mol. The first-order valence-corrected chi connectivity index (χ1v) is 4.12. The van der Waals surface area contributed by atoms with Crippen LogP contribution in [-0.2, 0) is 4.79 Å². The number of hydrogen-bond acceptors (Lipinski definition) is 5. The summed E-state index contributed by atoms with van der Waals surface area (Å²) in [6, 6.07) is 2.00. The number of rotatable bonds is 3. The van der Waals surface area contributed by atoms with Gasteiger partial charge in [0.1, 0.15) is 12.1 Å². The molecular weight excluding hydrogens is 205 g/mol. The fourth-order valence-corrected chi connectivity index (χ4v) is 1.07. The van der Waals surface area contributed by atoms with E-state index in [1.165, 1.54) is 6.07 Å². The Morgan fingerprint density at radius 3 is 2.33 bits per heavy atom. The van der Waals surface area contributed by atoms with Crippen molar-refractivity contribution in [2.75, 3.05) is 0 Å². The zero-order valence-electron chi connectivity index (χ0n) is 7.66. The van der Waals surface area contributed by atoms with Gasteiger partial charge in [0.25, 0.3) is 0 Å². The maximum absolute atomic E-state index is 10.5. The summed E-state index contributed by atoms with van der Waals surface area (Å²) in [6.07, 6.45) is -1.44. The molecule has 0 amide bonds. The van der Waals surface area contributed by atoms with Crippen molar-refractivity contribution >= 4 is 5.97 Å². The third-order valence-corrected chi connectivity index (χ3v) is 1.97. The molecule has 0 saturated carbocycles. The summed E-state index contributed by atoms with van der Waals surface area (Å²) in [5.41, 5.74) is 5.31. The van der Waals surface area contributed by atoms with Gasteiger partial charge in [0.2, 0.25) is 0 Å². The van der Waals surface area contributed by atoms with E-state index in [1.807, 2.05) is 0 Å². The van der Waals surface area contributed by atoms with Gasteiger partial charge < -0.3 is 26.2 Å². The minimum absolute atomic E-state index is 0.125. The highest BCUT2D eigenvalue weighted by Gasteiger charge is 2.24. The summed E-state index contributed by atoms with van der Waals surface area (Å²) in [7, 11) is 0. The number of aromatic hydroxyl groups is 2. The van der Waals surface area contributed by atoms with Crippen molar-refractivity contribution in [1.82, 2.24) is 0 Å². The van der Waals surface area contributed by atoms with E-state index in [0.717, 1.165) is 12.1 Å². The molecule has 0 aliphatic rings. The molecule has 6 nitrogen and oxygen atoms in total. The largest absolute Gasteiger partial charge is 0.504 e. The normalized spacial score (nSPS) is 14.5. The molecule has 0 bridgehead atoms. The van der Waals surface area contributed by atoms with Crippen LogP contribution in [0.15, 0.2) is 18.2 Å². The van der Waals surface area contributed by atoms with Gasteiger partial charge in [-0.2, -0.15) is 0 Å². The second-order valence-corrected chi connectivity index (χ2v) is 3.06. The highest BCUT2D eigenvalue weighted by molar-refractivity contribution is 5.74. The van der Waals surface area contributed by atoms with E-state index in [0.29, 0.717) is 0 Å². The van der Waals surface area contributed by atoms with Crippen LogP contribution < -0.4 is 5.73 Å². The smallest absolute Gasteiger partial charge is 0.323 e. The summed E-state index contributed by atoms with van der Waals surface area (Å²) in [5, 5.41) is 36.1. The molecule has 0 heterocycles. The summed E-state index contributed by atoms with van der Waals surface area (Å²) in [6.45, 7) is 0. The highest BCUT2D eigenvalue weighted by Crippen LogP contribution is 2.28. The minimum Gasteiger partial charge on any atom is -0.504 e. The van der Waals surface area contributed by atoms with Crippen molar-refractivity contribution in [1.29, 1.82) is 0 Å². The molecule has 0 radical (unpaired) electrons. The first kappa shape index (κ1) is 11.3. The SMILES string of the molecule is [15NH2][13C@H]([C@H](O)c1ccc(O)c(O)c1)[13C](=O)O. The van der Waals surface area contributed by atoms with Crippen molar-refractivity contribution in [3.63, 3.8) is 0 Å². The Morgan fingerprint density at radius 2 is 1.87 bits per heavy atom. The Hall–Kier alpha value is -1.79. The number of phenolic OH excluding ortho intramolecular Hbond substituents is 2. The number of aliphatic hydroxyl groups excluding tert-OH is 1. The van der Waals surface area contributed by atoms with E-state index < -0.39 is 23.9 Å². The van der Waals surface area contributed by atoms with Crippen molar-refractivity contribution < 1.29 is 25.2 Å². The molecule has 0 saturated heterocycles. The molecular formula is C9H11NO5. The molecule has 1 rings (SSSR count). The third-order valence-electron chi connectivity index (χ3n) is 1.97. The van der Waals surface area contributed by atoms with Gasteiger partial charge >= 0.3 is 5.97 Å². The predicted octanol–water partition coefficient (Wildman–Crippen LogP) is -0.457. The van der Waals surface area contributed by atoms with Gasteiger partial charge in [0, 0.05) is 0 Å². The Balaban J connectivity index is 2.96. The van der Waals surface area contributed by atoms with Crippen LogP contribution in [0.25, 0.3) is 0 Å². The molecule has 0 spiro atoms. The quantitative estimate of drug-likeness (QED) is 0.264. The lowest BCUT2D eigenvalue weighted by molar-refractivity contribution is -0.141. The van der Waals surface area contributed by atoms with E-state index in [1.54, 1.807) is 0 Å². The fraction of sp³-hybridized carbons (Fsp3) is 0.222. The van der Waals surface area contributed by atoms with Crippen molar-refractivity contribution in [3.8, 4) is 11.5 Å². The summed E-state index contributed by atoms with van der Waals surface area (Å²) < 4.78 is 0. The van der Waals surface area contributed by atoms with E-state index in [4.69, 9.17) is 21.1 Å². The van der Waals surface area contributed by atoms with E-state index >= 15 is 0 Å². The number of phenols is 2. The summed E-state index contributed by atoms with van der Waals surface area (Å²) >= 11 is 0. The number of aliphatic carboxylic acids is 1. The Morgan fingerprint density at radius 1 is 1.27 bits per heavy atom. The Kier molecular flexibility index (Phi) is 3.13. The molecule has 0 unspecified atom stereocenters. The third kappa shape index (κ3) is 2.36. The molecule has 82 valence electrons. The first-order chi connectivity index (χ1) is 6.93. The molecule has 15 heavy (non-hydrogen) atoms. The number of carboxylic acids is 1. The summed E-state index contributed by atoms with van der Waals surface area (Å²) in [4.78, 5) is 10.5. The van der Waals surface area contributed by atoms with Crippen LogP contribution >= 0.6 is 0 Å². The van der Waals surface area contributed by atoms with Crippen LogP contribution in [0.2, 0.25) is 0 Å². The number of hydrogen-bond donors (Lipinski definition) is 5. The molecule has 2 atom stereocenters. The Bertz CT molecular complexity index is 379. The van der Waals surface area contributed by atoms with Gasteiger partial charge in [-0.1, -0.05) is 6.07 Å². The number of benzene rings is 1. The first-order valence-electron chi connectivity index (χ1n) is 4.12. The molecule has 0 fully saturated rings. The number of carbonyl (C=O) groups is 1. The number of carboxylic acid groups (broad SMARTS) is 1. The fourth-order valence-electron chi connectivity index (χ4n) is 1.07. The minimum atomic E-state index is -1.48.